The fraction of sp³-hybridized carbons (Fsp3) is 0.632. The van der Waals surface area contributed by atoms with E-state index in [1.807, 2.05) is 35.9 Å². The highest BCUT2D eigenvalue weighted by atomic mass is 16.2. The highest BCUT2D eigenvalue weighted by Crippen LogP contribution is 2.35. The van der Waals surface area contributed by atoms with Crippen LogP contribution in [0.15, 0.2) is 18.5 Å². The molecule has 0 saturated carbocycles. The van der Waals surface area contributed by atoms with Gasteiger partial charge in [-0.2, -0.15) is 10.2 Å². The number of aromatic nitrogens is 4. The molecule has 1 saturated heterocycles. The van der Waals surface area contributed by atoms with Gasteiger partial charge in [-0.15, -0.1) is 0 Å². The van der Waals surface area contributed by atoms with Crippen LogP contribution in [0.25, 0.3) is 0 Å². The van der Waals surface area contributed by atoms with Gasteiger partial charge in [0.25, 0.3) is 5.91 Å². The van der Waals surface area contributed by atoms with E-state index in [0.717, 1.165) is 44.5 Å². The van der Waals surface area contributed by atoms with E-state index >= 15 is 0 Å². The number of carbonyl (C=O) groups is 1. The molecule has 1 fully saturated rings. The van der Waals surface area contributed by atoms with Crippen molar-refractivity contribution in [2.75, 3.05) is 27.2 Å². The first-order valence-corrected chi connectivity index (χ1v) is 9.48. The Labute approximate surface area is 155 Å². The number of nitrogens with one attached hydrogen (secondary N) is 1. The normalized spacial score (nSPS) is 21.1. The first-order valence-electron chi connectivity index (χ1n) is 9.48. The van der Waals surface area contributed by atoms with Crippen LogP contribution in [-0.2, 0) is 13.5 Å². The molecule has 26 heavy (non-hydrogen) atoms. The molecule has 0 aliphatic carbocycles. The van der Waals surface area contributed by atoms with Crippen molar-refractivity contribution in [1.29, 1.82) is 0 Å². The minimum absolute atomic E-state index is 0.0123. The second kappa shape index (κ2) is 8.03. The van der Waals surface area contributed by atoms with Crippen LogP contribution in [0.3, 0.4) is 0 Å². The van der Waals surface area contributed by atoms with Crippen molar-refractivity contribution in [1.82, 2.24) is 29.8 Å². The summed E-state index contributed by atoms with van der Waals surface area (Å²) in [5, 5.41) is 11.5. The zero-order valence-corrected chi connectivity index (χ0v) is 16.3. The van der Waals surface area contributed by atoms with Crippen molar-refractivity contribution in [3.05, 3.63) is 35.4 Å². The zero-order valence-electron chi connectivity index (χ0n) is 16.3. The molecule has 0 radical (unpaired) electrons. The molecule has 1 amide bonds. The second-order valence-corrected chi connectivity index (χ2v) is 7.49. The molecule has 1 N–H and O–H groups in total. The molecular weight excluding hydrogens is 328 g/mol. The number of likely N-dealkylation sites (tertiary alicyclic amines) is 1. The summed E-state index contributed by atoms with van der Waals surface area (Å²) in [6, 6.07) is 2.18. The van der Waals surface area contributed by atoms with E-state index in [2.05, 4.69) is 40.4 Å². The van der Waals surface area contributed by atoms with E-state index in [1.54, 1.807) is 0 Å². The average molecular weight is 358 g/mol. The van der Waals surface area contributed by atoms with Crippen LogP contribution in [0, 0.1) is 5.92 Å². The summed E-state index contributed by atoms with van der Waals surface area (Å²) >= 11 is 0. The third kappa shape index (κ3) is 3.98. The Morgan fingerprint density at radius 3 is 2.92 bits per heavy atom. The van der Waals surface area contributed by atoms with Gasteiger partial charge in [-0.3, -0.25) is 19.5 Å². The lowest BCUT2D eigenvalue weighted by atomic mass is 9.85. The summed E-state index contributed by atoms with van der Waals surface area (Å²) in [4.78, 5) is 17.0. The van der Waals surface area contributed by atoms with Crippen LogP contribution in [-0.4, -0.2) is 62.9 Å². The lowest BCUT2D eigenvalue weighted by Crippen LogP contribution is -2.42. The van der Waals surface area contributed by atoms with Gasteiger partial charge >= 0.3 is 0 Å². The molecule has 2 aromatic heterocycles. The number of nitrogens with zero attached hydrogens (tertiary/aromatic N) is 5. The molecule has 0 unspecified atom stereocenters. The summed E-state index contributed by atoms with van der Waals surface area (Å²) in [7, 11) is 5.99. The molecule has 1 aliphatic rings. The van der Waals surface area contributed by atoms with Crippen LogP contribution in [0.2, 0.25) is 0 Å². The molecule has 3 heterocycles. The highest BCUT2D eigenvalue weighted by Gasteiger charge is 2.33. The minimum Gasteiger partial charge on any atom is -0.340 e. The monoisotopic (exact) mass is 358 g/mol. The first kappa shape index (κ1) is 18.6. The fourth-order valence-corrected chi connectivity index (χ4v) is 4.07. The number of hydrogen-bond donors (Lipinski definition) is 1. The topological polar surface area (TPSA) is 70.1 Å². The highest BCUT2D eigenvalue weighted by molar-refractivity contribution is 5.92. The molecule has 2 aromatic rings. The molecule has 2 atom stereocenters. The lowest BCUT2D eigenvalue weighted by Gasteiger charge is -2.40. The van der Waals surface area contributed by atoms with Crippen molar-refractivity contribution in [3.8, 4) is 0 Å². The van der Waals surface area contributed by atoms with E-state index in [-0.39, 0.29) is 5.91 Å². The van der Waals surface area contributed by atoms with Crippen molar-refractivity contribution in [2.45, 2.75) is 38.6 Å². The van der Waals surface area contributed by atoms with E-state index in [0.29, 0.717) is 17.7 Å². The third-order valence-corrected chi connectivity index (χ3v) is 5.30. The predicted molar refractivity (Wildman–Crippen MR) is 101 cm³/mol. The smallest absolute Gasteiger partial charge is 0.274 e. The largest absolute Gasteiger partial charge is 0.340 e. The second-order valence-electron chi connectivity index (χ2n) is 7.49. The SMILES string of the molecule is CCCc1cc(C(=O)N(C)C[C@@H]2CCCN(C)[C@H]2c2cnn(C)c2)n[nH]1. The standard InChI is InChI=1S/C19H30N6O/c1-5-7-16-10-17(22-21-16)19(26)24(3)12-14-8-6-9-23(2)18(14)15-11-20-25(4)13-15/h10-11,13-14,18H,5-9,12H2,1-4H3,(H,21,22)/t14-,18+/m0/s1. The maximum atomic E-state index is 12.8. The summed E-state index contributed by atoms with van der Waals surface area (Å²) < 4.78 is 1.85. The molecule has 0 aromatic carbocycles. The van der Waals surface area contributed by atoms with Crippen molar-refractivity contribution in [3.63, 3.8) is 0 Å². The number of rotatable bonds is 6. The molecule has 1 aliphatic heterocycles. The Morgan fingerprint density at radius 1 is 1.42 bits per heavy atom. The van der Waals surface area contributed by atoms with E-state index < -0.39 is 0 Å². The zero-order chi connectivity index (χ0) is 18.7. The number of aryl methyl sites for hydroxylation is 2. The molecular formula is C19H30N6O. The number of carbonyl (C=O) groups excluding carboxylic acids is 1. The van der Waals surface area contributed by atoms with Crippen LogP contribution < -0.4 is 0 Å². The Hall–Kier alpha value is -2.15. The van der Waals surface area contributed by atoms with E-state index in [9.17, 15) is 4.79 Å². The van der Waals surface area contributed by atoms with Crippen LogP contribution in [0.1, 0.15) is 54.0 Å². The van der Waals surface area contributed by atoms with Gasteiger partial charge < -0.3 is 4.90 Å². The summed E-state index contributed by atoms with van der Waals surface area (Å²) in [5.41, 5.74) is 2.76. The van der Waals surface area contributed by atoms with Crippen LogP contribution in [0.5, 0.6) is 0 Å². The first-order chi connectivity index (χ1) is 12.5. The van der Waals surface area contributed by atoms with Gasteiger partial charge in [0.2, 0.25) is 0 Å². The third-order valence-electron chi connectivity index (χ3n) is 5.30. The Kier molecular flexibility index (Phi) is 5.76. The van der Waals surface area contributed by atoms with Crippen molar-refractivity contribution in [2.24, 2.45) is 13.0 Å². The van der Waals surface area contributed by atoms with Crippen LogP contribution in [0.4, 0.5) is 0 Å². The van der Waals surface area contributed by atoms with Gasteiger partial charge in [0.1, 0.15) is 5.69 Å². The summed E-state index contributed by atoms with van der Waals surface area (Å²) in [6.45, 7) is 3.92. The van der Waals surface area contributed by atoms with Crippen molar-refractivity contribution >= 4 is 5.91 Å². The average Bonchev–Trinajstić information content (AvgIpc) is 3.24. The van der Waals surface area contributed by atoms with Gasteiger partial charge in [-0.05, 0) is 44.8 Å². The fourth-order valence-electron chi connectivity index (χ4n) is 4.07. The number of amides is 1. The molecule has 0 bridgehead atoms. The van der Waals surface area contributed by atoms with E-state index in [4.69, 9.17) is 0 Å². The predicted octanol–water partition coefficient (Wildman–Crippen LogP) is 2.25. The Bertz CT molecular complexity index is 736. The quantitative estimate of drug-likeness (QED) is 0.860. The molecule has 0 spiro atoms. The van der Waals surface area contributed by atoms with Gasteiger partial charge in [0.15, 0.2) is 0 Å². The lowest BCUT2D eigenvalue weighted by molar-refractivity contribution is 0.0640. The number of hydrogen-bond acceptors (Lipinski definition) is 4. The summed E-state index contributed by atoms with van der Waals surface area (Å²) in [6.07, 6.45) is 8.26. The molecule has 142 valence electrons. The van der Waals surface area contributed by atoms with Gasteiger partial charge in [0, 0.05) is 44.1 Å². The van der Waals surface area contributed by atoms with Crippen LogP contribution >= 0.6 is 0 Å². The molecule has 7 nitrogen and oxygen atoms in total. The number of H-pyrrole nitrogens is 1. The maximum absolute atomic E-state index is 12.8. The van der Waals surface area contributed by atoms with Gasteiger partial charge in [-0.25, -0.2) is 0 Å². The Morgan fingerprint density at radius 2 is 2.23 bits per heavy atom. The maximum Gasteiger partial charge on any atom is 0.274 e. The van der Waals surface area contributed by atoms with Gasteiger partial charge in [0.05, 0.1) is 6.20 Å². The summed E-state index contributed by atoms with van der Waals surface area (Å²) in [5.74, 6) is 0.378. The number of aromatic amines is 1. The molecule has 3 rings (SSSR count). The van der Waals surface area contributed by atoms with E-state index in [1.165, 1.54) is 5.56 Å². The number of piperidine rings is 1. The molecule has 7 heteroatoms. The minimum atomic E-state index is -0.0123. The Balaban J connectivity index is 1.71. The van der Waals surface area contributed by atoms with Crippen molar-refractivity contribution < 1.29 is 4.79 Å². The van der Waals surface area contributed by atoms with Gasteiger partial charge in [-0.1, -0.05) is 13.3 Å².